The van der Waals surface area contributed by atoms with Gasteiger partial charge >= 0.3 is 0 Å². The fourth-order valence-electron chi connectivity index (χ4n) is 2.01. The summed E-state index contributed by atoms with van der Waals surface area (Å²) in [6.07, 6.45) is 3.46. The van der Waals surface area contributed by atoms with Crippen LogP contribution in [0.4, 0.5) is 4.79 Å². The van der Waals surface area contributed by atoms with Gasteiger partial charge in [0.1, 0.15) is 0 Å². The van der Waals surface area contributed by atoms with Crippen LogP contribution in [0.25, 0.3) is 0 Å². The number of carbonyl (C=O) groups excluding carboxylic acids is 1. The van der Waals surface area contributed by atoms with Crippen LogP contribution in [0.5, 0.6) is 0 Å². The van der Waals surface area contributed by atoms with Crippen LogP contribution >= 0.6 is 11.8 Å². The van der Waals surface area contributed by atoms with E-state index in [0.29, 0.717) is 17.3 Å². The zero-order valence-electron chi connectivity index (χ0n) is 7.17. The van der Waals surface area contributed by atoms with E-state index >= 15 is 0 Å². The lowest BCUT2D eigenvalue weighted by Crippen LogP contribution is -2.42. The molecule has 0 aromatic carbocycles. The largest absolute Gasteiger partial charge is 0.343 e. The second-order valence-corrected chi connectivity index (χ2v) is 4.71. The number of hydrogen-bond donors (Lipinski definition) is 2. The van der Waals surface area contributed by atoms with Crippen molar-refractivity contribution in [2.45, 2.75) is 36.6 Å². The third-order valence-corrected chi connectivity index (χ3v) is 3.92. The highest BCUT2D eigenvalue weighted by Crippen LogP contribution is 2.34. The molecule has 1 heterocycles. The first kappa shape index (κ1) is 8.38. The maximum atomic E-state index is 11.0. The molecule has 0 aromatic heterocycles. The molecule has 1 aliphatic carbocycles. The molecule has 1 aliphatic heterocycles. The average molecular weight is 186 g/mol. The Balaban J connectivity index is 1.97. The Morgan fingerprint density at radius 1 is 1.58 bits per heavy atom. The zero-order valence-corrected chi connectivity index (χ0v) is 7.99. The molecule has 2 aliphatic rings. The van der Waals surface area contributed by atoms with Crippen LogP contribution in [-0.4, -0.2) is 29.6 Å². The van der Waals surface area contributed by atoms with E-state index in [1.165, 1.54) is 18.2 Å². The van der Waals surface area contributed by atoms with Gasteiger partial charge in [0.15, 0.2) is 0 Å². The summed E-state index contributed by atoms with van der Waals surface area (Å²) in [5.74, 6) is 0. The van der Waals surface area contributed by atoms with Crippen LogP contribution in [0.2, 0.25) is 0 Å². The Kier molecular flexibility index (Phi) is 2.28. The van der Waals surface area contributed by atoms with Crippen LogP contribution in [0.15, 0.2) is 0 Å². The van der Waals surface area contributed by atoms with Gasteiger partial charge in [0, 0.05) is 17.3 Å². The molecule has 1 saturated heterocycles. The van der Waals surface area contributed by atoms with Gasteiger partial charge in [-0.3, -0.25) is 4.79 Å². The summed E-state index contributed by atoms with van der Waals surface area (Å²) >= 11 is 1.48. The number of rotatable bonds is 1. The molecule has 0 aromatic rings. The summed E-state index contributed by atoms with van der Waals surface area (Å²) < 4.78 is 0. The van der Waals surface area contributed by atoms with Crippen molar-refractivity contribution in [3.63, 3.8) is 0 Å². The van der Waals surface area contributed by atoms with Crippen molar-refractivity contribution < 1.29 is 4.79 Å². The highest BCUT2D eigenvalue weighted by atomic mass is 32.2. The predicted molar refractivity (Wildman–Crippen MR) is 50.4 cm³/mol. The van der Waals surface area contributed by atoms with Gasteiger partial charge in [-0.25, -0.2) is 0 Å². The first-order chi connectivity index (χ1) is 5.79. The van der Waals surface area contributed by atoms with Gasteiger partial charge in [-0.05, 0) is 26.3 Å². The Hall–Kier alpha value is -0.220. The van der Waals surface area contributed by atoms with E-state index in [2.05, 4.69) is 10.6 Å². The molecular weight excluding hydrogens is 172 g/mol. The van der Waals surface area contributed by atoms with E-state index in [1.807, 2.05) is 7.05 Å². The predicted octanol–water partition coefficient (Wildman–Crippen LogP) is 0.952. The molecule has 2 rings (SSSR count). The summed E-state index contributed by atoms with van der Waals surface area (Å²) in [5.41, 5.74) is 0. The molecule has 12 heavy (non-hydrogen) atoms. The lowest BCUT2D eigenvalue weighted by atomic mass is 9.91. The fraction of sp³-hybridized carbons (Fsp3) is 0.875. The zero-order chi connectivity index (χ0) is 8.55. The summed E-state index contributed by atoms with van der Waals surface area (Å²) in [5, 5.41) is 6.96. The molecule has 3 atom stereocenters. The molecule has 0 radical (unpaired) electrons. The SMILES string of the molecule is CNC1CCC2NC(=O)SC2C1. The van der Waals surface area contributed by atoms with E-state index in [-0.39, 0.29) is 5.24 Å². The van der Waals surface area contributed by atoms with Gasteiger partial charge in [0.2, 0.25) is 0 Å². The monoisotopic (exact) mass is 186 g/mol. The molecular formula is C8H14N2OS. The van der Waals surface area contributed by atoms with Crippen molar-refractivity contribution >= 4 is 17.0 Å². The highest BCUT2D eigenvalue weighted by Gasteiger charge is 2.37. The Bertz CT molecular complexity index is 197. The van der Waals surface area contributed by atoms with Gasteiger partial charge in [-0.2, -0.15) is 0 Å². The van der Waals surface area contributed by atoms with Gasteiger partial charge in [0.05, 0.1) is 0 Å². The number of thioether (sulfide) groups is 1. The van der Waals surface area contributed by atoms with Crippen LogP contribution in [0.1, 0.15) is 19.3 Å². The van der Waals surface area contributed by atoms with E-state index in [0.717, 1.165) is 12.8 Å². The summed E-state index contributed by atoms with van der Waals surface area (Å²) in [4.78, 5) is 11.0. The number of carbonyl (C=O) groups is 1. The smallest absolute Gasteiger partial charge is 0.279 e. The second kappa shape index (κ2) is 3.26. The minimum atomic E-state index is 0.168. The number of nitrogens with one attached hydrogen (secondary N) is 2. The van der Waals surface area contributed by atoms with E-state index in [9.17, 15) is 4.79 Å². The normalized spacial score (nSPS) is 40.8. The minimum absolute atomic E-state index is 0.168. The van der Waals surface area contributed by atoms with Crippen LogP contribution in [0.3, 0.4) is 0 Å². The van der Waals surface area contributed by atoms with Crippen molar-refractivity contribution in [2.24, 2.45) is 0 Å². The molecule has 2 N–H and O–H groups in total. The molecule has 4 heteroatoms. The van der Waals surface area contributed by atoms with Crippen LogP contribution < -0.4 is 10.6 Å². The van der Waals surface area contributed by atoms with E-state index in [4.69, 9.17) is 0 Å². The fourth-order valence-corrected chi connectivity index (χ4v) is 3.20. The molecule has 1 amide bonds. The lowest BCUT2D eigenvalue weighted by molar-refractivity contribution is 0.256. The van der Waals surface area contributed by atoms with E-state index in [1.54, 1.807) is 0 Å². The topological polar surface area (TPSA) is 41.1 Å². The third kappa shape index (κ3) is 1.45. The number of fused-ring (bicyclic) bond motifs is 1. The van der Waals surface area contributed by atoms with Gasteiger partial charge in [-0.1, -0.05) is 11.8 Å². The quantitative estimate of drug-likeness (QED) is 0.640. The maximum absolute atomic E-state index is 11.0. The van der Waals surface area contributed by atoms with Gasteiger partial charge < -0.3 is 10.6 Å². The lowest BCUT2D eigenvalue weighted by Gasteiger charge is -2.29. The van der Waals surface area contributed by atoms with Crippen LogP contribution in [0, 0.1) is 0 Å². The summed E-state index contributed by atoms with van der Waals surface area (Å²) in [7, 11) is 2.00. The molecule has 0 bridgehead atoms. The summed E-state index contributed by atoms with van der Waals surface area (Å²) in [6, 6.07) is 1.07. The third-order valence-electron chi connectivity index (χ3n) is 2.76. The molecule has 3 unspecified atom stereocenters. The van der Waals surface area contributed by atoms with Crippen molar-refractivity contribution in [3.8, 4) is 0 Å². The van der Waals surface area contributed by atoms with Crippen molar-refractivity contribution in [3.05, 3.63) is 0 Å². The van der Waals surface area contributed by atoms with Crippen molar-refractivity contribution in [1.29, 1.82) is 0 Å². The molecule has 1 saturated carbocycles. The maximum Gasteiger partial charge on any atom is 0.279 e. The number of amides is 1. The first-order valence-corrected chi connectivity index (χ1v) is 5.32. The highest BCUT2D eigenvalue weighted by molar-refractivity contribution is 8.14. The van der Waals surface area contributed by atoms with Crippen LogP contribution in [-0.2, 0) is 0 Å². The Labute approximate surface area is 76.7 Å². The van der Waals surface area contributed by atoms with Gasteiger partial charge in [0.25, 0.3) is 5.24 Å². The molecule has 3 nitrogen and oxygen atoms in total. The van der Waals surface area contributed by atoms with Gasteiger partial charge in [-0.15, -0.1) is 0 Å². The number of hydrogen-bond acceptors (Lipinski definition) is 3. The van der Waals surface area contributed by atoms with E-state index < -0.39 is 0 Å². The second-order valence-electron chi connectivity index (χ2n) is 3.49. The van der Waals surface area contributed by atoms with Crippen molar-refractivity contribution in [2.75, 3.05) is 7.05 Å². The molecule has 68 valence electrons. The Morgan fingerprint density at radius 3 is 3.17 bits per heavy atom. The average Bonchev–Trinajstić information content (AvgIpc) is 2.43. The standard InChI is InChI=1S/C8H14N2OS/c1-9-5-2-3-6-7(4-5)12-8(11)10-6/h5-7,9H,2-4H2,1H3,(H,10,11). The molecule has 2 fully saturated rings. The Morgan fingerprint density at radius 2 is 2.42 bits per heavy atom. The van der Waals surface area contributed by atoms with Crippen molar-refractivity contribution in [1.82, 2.24) is 10.6 Å². The molecule has 0 spiro atoms. The summed E-state index contributed by atoms with van der Waals surface area (Å²) in [6.45, 7) is 0. The first-order valence-electron chi connectivity index (χ1n) is 4.44. The minimum Gasteiger partial charge on any atom is -0.343 e.